The zero-order valence-electron chi connectivity index (χ0n) is 10.3. The molecule has 17 heavy (non-hydrogen) atoms. The van der Waals surface area contributed by atoms with Crippen LogP contribution < -0.4 is 0 Å². The molecule has 0 spiro atoms. The summed E-state index contributed by atoms with van der Waals surface area (Å²) in [5.74, 6) is 1.24. The summed E-state index contributed by atoms with van der Waals surface area (Å²) in [6, 6.07) is 7.94. The quantitative estimate of drug-likeness (QED) is 0.739. The third kappa shape index (κ3) is 2.63. The molecule has 2 atom stereocenters. The Kier molecular flexibility index (Phi) is 3.72. The summed E-state index contributed by atoms with van der Waals surface area (Å²) < 4.78 is 0. The minimum absolute atomic E-state index is 0.142. The van der Waals surface area contributed by atoms with Crippen LogP contribution in [0.1, 0.15) is 36.2 Å². The van der Waals surface area contributed by atoms with Crippen molar-refractivity contribution in [2.24, 2.45) is 5.92 Å². The molecule has 92 valence electrons. The van der Waals surface area contributed by atoms with E-state index in [1.807, 2.05) is 29.2 Å². The number of likely N-dealkylation sites (tertiary alicyclic amines) is 1. The van der Waals surface area contributed by atoms with Crippen LogP contribution in [0.25, 0.3) is 0 Å². The Bertz CT molecular complexity index is 401. The van der Waals surface area contributed by atoms with Gasteiger partial charge in [0.1, 0.15) is 0 Å². The van der Waals surface area contributed by atoms with Gasteiger partial charge in [-0.3, -0.25) is 4.79 Å². The van der Waals surface area contributed by atoms with Crippen molar-refractivity contribution in [2.45, 2.75) is 32.2 Å². The number of amides is 1. The van der Waals surface area contributed by atoms with Crippen LogP contribution in [0.15, 0.2) is 24.3 Å². The fourth-order valence-electron chi connectivity index (χ4n) is 2.49. The van der Waals surface area contributed by atoms with Crippen LogP contribution in [0.5, 0.6) is 0 Å². The lowest BCUT2D eigenvalue weighted by Gasteiger charge is -2.21. The molecule has 1 aliphatic rings. The molecule has 1 amide bonds. The summed E-state index contributed by atoms with van der Waals surface area (Å²) in [5, 5.41) is 0. The predicted molar refractivity (Wildman–Crippen MR) is 70.3 cm³/mol. The van der Waals surface area contributed by atoms with E-state index in [9.17, 15) is 4.79 Å². The second kappa shape index (κ2) is 5.09. The van der Waals surface area contributed by atoms with Crippen LogP contribution >= 0.6 is 11.6 Å². The summed E-state index contributed by atoms with van der Waals surface area (Å²) in [6.45, 7) is 5.19. The average Bonchev–Trinajstić information content (AvgIpc) is 2.68. The monoisotopic (exact) mass is 251 g/mol. The fraction of sp³-hybridized carbons (Fsp3) is 0.500. The first-order valence-corrected chi connectivity index (χ1v) is 6.61. The third-order valence-electron chi connectivity index (χ3n) is 3.40. The van der Waals surface area contributed by atoms with Crippen molar-refractivity contribution in [1.82, 2.24) is 4.90 Å². The number of hydrogen-bond acceptors (Lipinski definition) is 1. The zero-order valence-corrected chi connectivity index (χ0v) is 11.1. The van der Waals surface area contributed by atoms with E-state index in [1.165, 1.54) is 0 Å². The van der Waals surface area contributed by atoms with Gasteiger partial charge in [0.2, 0.25) is 0 Å². The highest BCUT2D eigenvalue weighted by Gasteiger charge is 2.30. The van der Waals surface area contributed by atoms with Gasteiger partial charge in [0.15, 0.2) is 0 Å². The highest BCUT2D eigenvalue weighted by Crippen LogP contribution is 2.24. The number of rotatable bonds is 2. The smallest absolute Gasteiger partial charge is 0.254 e. The van der Waals surface area contributed by atoms with Gasteiger partial charge in [-0.05, 0) is 37.0 Å². The maximum absolute atomic E-state index is 12.3. The third-order valence-corrected chi connectivity index (χ3v) is 3.71. The van der Waals surface area contributed by atoms with Crippen LogP contribution in [0.2, 0.25) is 0 Å². The summed E-state index contributed by atoms with van der Waals surface area (Å²) in [4.78, 5) is 14.3. The Labute approximate surface area is 108 Å². The second-order valence-electron chi connectivity index (χ2n) is 4.98. The van der Waals surface area contributed by atoms with E-state index >= 15 is 0 Å². The van der Waals surface area contributed by atoms with Crippen LogP contribution in [0.3, 0.4) is 0 Å². The van der Waals surface area contributed by atoms with Crippen LogP contribution in [-0.2, 0) is 5.88 Å². The molecule has 0 saturated carbocycles. The first-order valence-electron chi connectivity index (χ1n) is 6.07. The molecule has 2 unspecified atom stereocenters. The molecule has 2 rings (SSSR count). The predicted octanol–water partition coefficient (Wildman–Crippen LogP) is 3.30. The Morgan fingerprint density at radius 1 is 1.35 bits per heavy atom. The fourth-order valence-corrected chi connectivity index (χ4v) is 2.66. The van der Waals surface area contributed by atoms with E-state index in [0.717, 1.165) is 24.1 Å². The number of carbonyl (C=O) groups is 1. The summed E-state index contributed by atoms with van der Waals surface area (Å²) >= 11 is 5.73. The lowest BCUT2D eigenvalue weighted by atomic mass is 10.1. The van der Waals surface area contributed by atoms with Crippen LogP contribution in [0.4, 0.5) is 0 Å². The summed E-state index contributed by atoms with van der Waals surface area (Å²) in [7, 11) is 0. The molecule has 0 N–H and O–H groups in total. The molecule has 0 bridgehead atoms. The number of carbonyl (C=O) groups excluding carboxylic acids is 1. The van der Waals surface area contributed by atoms with Gasteiger partial charge < -0.3 is 4.90 Å². The minimum atomic E-state index is 0.142. The van der Waals surface area contributed by atoms with Gasteiger partial charge >= 0.3 is 0 Å². The van der Waals surface area contributed by atoms with Crippen molar-refractivity contribution >= 4 is 17.5 Å². The van der Waals surface area contributed by atoms with E-state index < -0.39 is 0 Å². The van der Waals surface area contributed by atoms with Gasteiger partial charge in [-0.25, -0.2) is 0 Å². The molecule has 1 aromatic carbocycles. The lowest BCUT2D eigenvalue weighted by molar-refractivity contribution is 0.0744. The Balaban J connectivity index is 2.13. The molecule has 1 saturated heterocycles. The van der Waals surface area contributed by atoms with E-state index in [2.05, 4.69) is 13.8 Å². The van der Waals surface area contributed by atoms with Gasteiger partial charge in [-0.15, -0.1) is 11.6 Å². The highest BCUT2D eigenvalue weighted by molar-refractivity contribution is 6.17. The SMILES string of the molecule is CC1CC(C)N(C(=O)c2ccc(CCl)cc2)C1. The van der Waals surface area contributed by atoms with Crippen molar-refractivity contribution in [1.29, 1.82) is 0 Å². The van der Waals surface area contributed by atoms with Crippen molar-refractivity contribution < 1.29 is 4.79 Å². The van der Waals surface area contributed by atoms with Crippen molar-refractivity contribution in [3.63, 3.8) is 0 Å². The first-order chi connectivity index (χ1) is 8.11. The molecule has 1 fully saturated rings. The van der Waals surface area contributed by atoms with E-state index in [0.29, 0.717) is 17.8 Å². The summed E-state index contributed by atoms with van der Waals surface area (Å²) in [5.41, 5.74) is 1.81. The standard InChI is InChI=1S/C14H18ClNO/c1-10-7-11(2)16(9-10)14(17)13-5-3-12(8-15)4-6-13/h3-6,10-11H,7-9H2,1-2H3. The topological polar surface area (TPSA) is 20.3 Å². The van der Waals surface area contributed by atoms with Gasteiger partial charge in [0.05, 0.1) is 0 Å². The summed E-state index contributed by atoms with van der Waals surface area (Å²) in [6.07, 6.45) is 1.10. The lowest BCUT2D eigenvalue weighted by Crippen LogP contribution is -2.33. The second-order valence-corrected chi connectivity index (χ2v) is 5.25. The van der Waals surface area contributed by atoms with Gasteiger partial charge in [-0.1, -0.05) is 19.1 Å². The molecule has 1 aromatic rings. The molecule has 0 aromatic heterocycles. The number of hydrogen-bond donors (Lipinski definition) is 0. The molecule has 1 aliphatic heterocycles. The Morgan fingerprint density at radius 3 is 2.47 bits per heavy atom. The molecular formula is C14H18ClNO. The molecule has 0 radical (unpaired) electrons. The maximum Gasteiger partial charge on any atom is 0.254 e. The minimum Gasteiger partial charge on any atom is -0.336 e. The zero-order chi connectivity index (χ0) is 12.4. The number of halogens is 1. The number of nitrogens with zero attached hydrogens (tertiary/aromatic N) is 1. The Hall–Kier alpha value is -1.02. The number of benzene rings is 1. The van der Waals surface area contributed by atoms with Gasteiger partial charge in [0, 0.05) is 24.0 Å². The van der Waals surface area contributed by atoms with E-state index in [-0.39, 0.29) is 5.91 Å². The number of alkyl halides is 1. The van der Waals surface area contributed by atoms with Crippen molar-refractivity contribution in [3.05, 3.63) is 35.4 Å². The molecular weight excluding hydrogens is 234 g/mol. The molecule has 1 heterocycles. The highest BCUT2D eigenvalue weighted by atomic mass is 35.5. The van der Waals surface area contributed by atoms with E-state index in [1.54, 1.807) is 0 Å². The van der Waals surface area contributed by atoms with Gasteiger partial charge in [-0.2, -0.15) is 0 Å². The normalized spacial score (nSPS) is 24.1. The van der Waals surface area contributed by atoms with Crippen molar-refractivity contribution in [3.8, 4) is 0 Å². The molecule has 2 nitrogen and oxygen atoms in total. The van der Waals surface area contributed by atoms with Crippen LogP contribution in [-0.4, -0.2) is 23.4 Å². The van der Waals surface area contributed by atoms with Gasteiger partial charge in [0.25, 0.3) is 5.91 Å². The average molecular weight is 252 g/mol. The van der Waals surface area contributed by atoms with E-state index in [4.69, 9.17) is 11.6 Å². The maximum atomic E-state index is 12.3. The molecule has 3 heteroatoms. The molecule has 0 aliphatic carbocycles. The van der Waals surface area contributed by atoms with Crippen LogP contribution in [0, 0.1) is 5.92 Å². The van der Waals surface area contributed by atoms with Crippen molar-refractivity contribution in [2.75, 3.05) is 6.54 Å². The largest absolute Gasteiger partial charge is 0.336 e. The first kappa shape index (κ1) is 12.4. The Morgan fingerprint density at radius 2 is 2.00 bits per heavy atom.